The zero-order valence-corrected chi connectivity index (χ0v) is 50.5. The van der Waals surface area contributed by atoms with E-state index in [1.165, 1.54) is 225 Å². The second-order valence-electron chi connectivity index (χ2n) is 22.1. The SMILES string of the molecule is CC/C=C\C/C=C\C/C=C\C/C=C\C/C=C\C/C=C\C/C=C\CCCCCCCCCCCCCCCC(=O)NC(CO)C(O)/C=C/CC/C=C/CCCCCCCCCCCCCCCCCCCCCCCCC. The van der Waals surface area contributed by atoms with Crippen molar-refractivity contribution in [1.82, 2.24) is 5.32 Å². The van der Waals surface area contributed by atoms with E-state index in [0.717, 1.165) is 77.0 Å². The van der Waals surface area contributed by atoms with E-state index in [0.29, 0.717) is 6.42 Å². The van der Waals surface area contributed by atoms with E-state index in [1.807, 2.05) is 6.08 Å². The van der Waals surface area contributed by atoms with Crippen LogP contribution in [0.3, 0.4) is 0 Å². The summed E-state index contributed by atoms with van der Waals surface area (Å²) in [6, 6.07) is -0.648. The molecule has 0 saturated carbocycles. The minimum atomic E-state index is -0.871. The highest BCUT2D eigenvalue weighted by Crippen LogP contribution is 2.17. The maximum atomic E-state index is 12.5. The molecule has 3 N–H and O–H groups in total. The molecule has 0 aromatic carbocycles. The average molecular weight is 1050 g/mol. The Hall–Kier alpha value is -2.95. The van der Waals surface area contributed by atoms with Gasteiger partial charge in [-0.05, 0) is 89.9 Å². The number of carbonyl (C=O) groups excluding carboxylic acids is 1. The number of hydrogen-bond donors (Lipinski definition) is 3. The van der Waals surface area contributed by atoms with Crippen LogP contribution in [-0.4, -0.2) is 34.9 Å². The third-order valence-electron chi connectivity index (χ3n) is 14.7. The number of amides is 1. The second-order valence-corrected chi connectivity index (χ2v) is 22.1. The summed E-state index contributed by atoms with van der Waals surface area (Å²) in [5.41, 5.74) is 0. The fourth-order valence-corrected chi connectivity index (χ4v) is 9.77. The first-order valence-corrected chi connectivity index (χ1v) is 33.1. The van der Waals surface area contributed by atoms with Crippen LogP contribution < -0.4 is 5.32 Å². The van der Waals surface area contributed by atoms with E-state index in [-0.39, 0.29) is 12.5 Å². The molecule has 0 aliphatic carbocycles. The highest BCUT2D eigenvalue weighted by atomic mass is 16.3. The fourth-order valence-electron chi connectivity index (χ4n) is 9.77. The van der Waals surface area contributed by atoms with E-state index < -0.39 is 12.1 Å². The zero-order chi connectivity index (χ0) is 54.8. The molecule has 76 heavy (non-hydrogen) atoms. The molecule has 2 unspecified atom stereocenters. The molecule has 0 bridgehead atoms. The molecular weight excluding hydrogens is 927 g/mol. The topological polar surface area (TPSA) is 69.6 Å². The van der Waals surface area contributed by atoms with Crippen LogP contribution >= 0.6 is 0 Å². The van der Waals surface area contributed by atoms with Gasteiger partial charge in [0.15, 0.2) is 0 Å². The van der Waals surface area contributed by atoms with Crippen LogP contribution in [0.2, 0.25) is 0 Å². The first-order valence-electron chi connectivity index (χ1n) is 33.1. The lowest BCUT2D eigenvalue weighted by molar-refractivity contribution is -0.123. The predicted molar refractivity (Wildman–Crippen MR) is 340 cm³/mol. The Morgan fingerprint density at radius 1 is 0.329 bits per heavy atom. The van der Waals surface area contributed by atoms with Crippen molar-refractivity contribution in [3.8, 4) is 0 Å². The maximum Gasteiger partial charge on any atom is 0.220 e. The molecule has 0 rings (SSSR count). The Morgan fingerprint density at radius 3 is 0.921 bits per heavy atom. The lowest BCUT2D eigenvalue weighted by atomic mass is 10.0. The number of rotatable bonds is 60. The van der Waals surface area contributed by atoms with Gasteiger partial charge in [0.25, 0.3) is 0 Å². The van der Waals surface area contributed by atoms with E-state index in [1.54, 1.807) is 6.08 Å². The minimum Gasteiger partial charge on any atom is -0.394 e. The summed E-state index contributed by atoms with van der Waals surface area (Å²) in [6.45, 7) is 4.21. The first-order chi connectivity index (χ1) is 37.7. The van der Waals surface area contributed by atoms with Gasteiger partial charge in [0, 0.05) is 6.42 Å². The molecule has 0 heterocycles. The molecule has 0 saturated heterocycles. The van der Waals surface area contributed by atoms with Gasteiger partial charge in [-0.3, -0.25) is 4.79 Å². The van der Waals surface area contributed by atoms with E-state index in [4.69, 9.17) is 0 Å². The number of unbranched alkanes of at least 4 members (excludes halogenated alkanes) is 37. The molecular formula is C72H127NO3. The van der Waals surface area contributed by atoms with Crippen LogP contribution in [0, 0.1) is 0 Å². The zero-order valence-electron chi connectivity index (χ0n) is 50.5. The Kier molecular flexibility index (Phi) is 63.8. The number of aliphatic hydroxyl groups excluding tert-OH is 2. The van der Waals surface area contributed by atoms with Crippen molar-refractivity contribution in [2.45, 2.75) is 334 Å². The largest absolute Gasteiger partial charge is 0.394 e. The number of aliphatic hydroxyl groups is 2. The minimum absolute atomic E-state index is 0.0756. The third-order valence-corrected chi connectivity index (χ3v) is 14.7. The molecule has 1 amide bonds. The van der Waals surface area contributed by atoms with Crippen LogP contribution in [0.4, 0.5) is 0 Å². The van der Waals surface area contributed by atoms with Crippen LogP contribution in [0.15, 0.2) is 109 Å². The van der Waals surface area contributed by atoms with E-state index >= 15 is 0 Å². The first kappa shape index (κ1) is 73.0. The summed E-state index contributed by atoms with van der Waals surface area (Å²) < 4.78 is 0. The summed E-state index contributed by atoms with van der Waals surface area (Å²) >= 11 is 0. The molecule has 0 aliphatic rings. The van der Waals surface area contributed by atoms with Gasteiger partial charge in [0.2, 0.25) is 5.91 Å². The molecule has 0 fully saturated rings. The lowest BCUT2D eigenvalue weighted by Gasteiger charge is -2.19. The van der Waals surface area contributed by atoms with Crippen molar-refractivity contribution in [2.75, 3.05) is 6.61 Å². The number of allylic oxidation sites excluding steroid dienone is 17. The Morgan fingerprint density at radius 2 is 0.592 bits per heavy atom. The third kappa shape index (κ3) is 61.9. The summed E-state index contributed by atoms with van der Waals surface area (Å²) in [6.07, 6.45) is 100. The Balaban J connectivity index is 3.54. The highest BCUT2D eigenvalue weighted by Gasteiger charge is 2.18. The molecule has 438 valence electrons. The predicted octanol–water partition coefficient (Wildman–Crippen LogP) is 22.6. The number of nitrogens with one attached hydrogen (secondary N) is 1. The molecule has 0 aromatic rings. The molecule has 4 heteroatoms. The average Bonchev–Trinajstić information content (AvgIpc) is 3.42. The van der Waals surface area contributed by atoms with Gasteiger partial charge < -0.3 is 15.5 Å². The van der Waals surface area contributed by atoms with Crippen LogP contribution in [0.25, 0.3) is 0 Å². The lowest BCUT2D eigenvalue weighted by Crippen LogP contribution is -2.45. The highest BCUT2D eigenvalue weighted by molar-refractivity contribution is 5.76. The molecule has 0 aromatic heterocycles. The molecule has 0 radical (unpaired) electrons. The smallest absolute Gasteiger partial charge is 0.220 e. The maximum absolute atomic E-state index is 12.5. The van der Waals surface area contributed by atoms with Gasteiger partial charge in [-0.1, -0.05) is 335 Å². The van der Waals surface area contributed by atoms with Crippen molar-refractivity contribution < 1.29 is 15.0 Å². The second kappa shape index (κ2) is 66.3. The number of carbonyl (C=O) groups is 1. The summed E-state index contributed by atoms with van der Waals surface area (Å²) in [5.74, 6) is -0.0756. The standard InChI is InChI=1S/C72H127NO3/c1-3-5-7-9-11-13-15-17-19-21-23-25-27-29-31-33-34-35-36-37-38-40-42-44-46-48-50-52-54-56-58-60-62-64-66-68-72(76)73-70(69-74)71(75)67-65-63-61-59-57-55-53-51-49-47-45-43-41-39-32-30-28-26-24-22-20-18-16-14-12-10-8-6-4-2/h5,7,11,13,17,19,23,25,29,31,34-35,37-38,57,59,65,67,70-71,74-75H,3-4,6,8-10,12,14-16,18,20-22,24,26-28,30,32-33,36,39-56,58,60-64,66,68-69H2,1-2H3,(H,73,76)/b7-5-,13-11-,19-17-,25-23-,31-29-,35-34-,38-37-,59-57+,67-65+. The Bertz CT molecular complexity index is 1430. The van der Waals surface area contributed by atoms with Crippen molar-refractivity contribution in [3.63, 3.8) is 0 Å². The Labute approximate surface area is 474 Å². The van der Waals surface area contributed by atoms with Gasteiger partial charge in [-0.15, -0.1) is 0 Å². The van der Waals surface area contributed by atoms with E-state index in [9.17, 15) is 15.0 Å². The fraction of sp³-hybridized carbons (Fsp3) is 0.736. The van der Waals surface area contributed by atoms with Gasteiger partial charge >= 0.3 is 0 Å². The van der Waals surface area contributed by atoms with E-state index in [2.05, 4.69) is 116 Å². The quantitative estimate of drug-likeness (QED) is 0.0420. The number of hydrogen-bond acceptors (Lipinski definition) is 3. The van der Waals surface area contributed by atoms with Crippen molar-refractivity contribution in [1.29, 1.82) is 0 Å². The van der Waals surface area contributed by atoms with Crippen molar-refractivity contribution in [3.05, 3.63) is 109 Å². The molecule has 0 aliphatic heterocycles. The monoisotopic (exact) mass is 1050 g/mol. The van der Waals surface area contributed by atoms with Crippen molar-refractivity contribution >= 4 is 5.91 Å². The van der Waals surface area contributed by atoms with Gasteiger partial charge in [0.1, 0.15) is 0 Å². The van der Waals surface area contributed by atoms with Crippen LogP contribution in [-0.2, 0) is 4.79 Å². The molecule has 2 atom stereocenters. The molecule has 0 spiro atoms. The van der Waals surface area contributed by atoms with Gasteiger partial charge in [0.05, 0.1) is 18.8 Å². The molecule has 4 nitrogen and oxygen atoms in total. The summed E-state index contributed by atoms with van der Waals surface area (Å²) in [4.78, 5) is 12.5. The normalized spacial score (nSPS) is 13.5. The van der Waals surface area contributed by atoms with Gasteiger partial charge in [-0.25, -0.2) is 0 Å². The summed E-state index contributed by atoms with van der Waals surface area (Å²) in [7, 11) is 0. The van der Waals surface area contributed by atoms with Gasteiger partial charge in [-0.2, -0.15) is 0 Å². The van der Waals surface area contributed by atoms with Crippen LogP contribution in [0.5, 0.6) is 0 Å². The van der Waals surface area contributed by atoms with Crippen molar-refractivity contribution in [2.24, 2.45) is 0 Å². The van der Waals surface area contributed by atoms with Crippen LogP contribution in [0.1, 0.15) is 322 Å². The summed E-state index contributed by atoms with van der Waals surface area (Å²) in [5, 5.41) is 23.2.